The number of fused-ring (bicyclic) bond motifs is 1. The molecule has 0 spiro atoms. The first kappa shape index (κ1) is 21.3. The molecule has 2 aromatic heterocycles. The summed E-state index contributed by atoms with van der Waals surface area (Å²) >= 11 is 5.97. The topological polar surface area (TPSA) is 83.8 Å². The average Bonchev–Trinajstić information content (AvgIpc) is 3.09. The summed E-state index contributed by atoms with van der Waals surface area (Å²) in [5, 5.41) is 3.38. The minimum Gasteiger partial charge on any atom is -0.346 e. The molecule has 2 heterocycles. The first-order chi connectivity index (χ1) is 13.8. The highest BCUT2D eigenvalue weighted by Crippen LogP contribution is 2.21. The molecule has 9 heteroatoms. The number of carbonyl (C=O) groups excluding carboxylic acids is 1. The Hall–Kier alpha value is -2.42. The van der Waals surface area contributed by atoms with E-state index in [9.17, 15) is 13.2 Å². The third-order valence-corrected chi connectivity index (χ3v) is 7.08. The molecule has 0 aliphatic carbocycles. The van der Waals surface area contributed by atoms with Crippen LogP contribution in [-0.2, 0) is 16.6 Å². The van der Waals surface area contributed by atoms with Gasteiger partial charge in [-0.2, -0.15) is 4.31 Å². The molecule has 0 unspecified atom stereocenters. The van der Waals surface area contributed by atoms with Crippen LogP contribution in [0.2, 0.25) is 5.02 Å². The SMILES string of the molecule is CCN(CC)S(=O)(=O)c1cc(C(=O)NCc2cn3cc(Cl)ccc3n2)ccc1C. The van der Waals surface area contributed by atoms with Crippen LogP contribution in [0.4, 0.5) is 0 Å². The van der Waals surface area contributed by atoms with Crippen molar-refractivity contribution in [2.24, 2.45) is 0 Å². The zero-order valence-electron chi connectivity index (χ0n) is 16.5. The van der Waals surface area contributed by atoms with Crippen molar-refractivity contribution < 1.29 is 13.2 Å². The Morgan fingerprint density at radius 2 is 1.90 bits per heavy atom. The molecule has 0 saturated carbocycles. The van der Waals surface area contributed by atoms with E-state index in [1.165, 1.54) is 10.4 Å². The van der Waals surface area contributed by atoms with E-state index in [0.717, 1.165) is 5.65 Å². The number of carbonyl (C=O) groups is 1. The van der Waals surface area contributed by atoms with Crippen LogP contribution in [-0.4, -0.2) is 41.1 Å². The summed E-state index contributed by atoms with van der Waals surface area (Å²) < 4.78 is 28.9. The van der Waals surface area contributed by atoms with Gasteiger partial charge in [0.15, 0.2) is 0 Å². The monoisotopic (exact) mass is 434 g/mol. The Kier molecular flexibility index (Phi) is 6.26. The highest BCUT2D eigenvalue weighted by Gasteiger charge is 2.24. The van der Waals surface area contributed by atoms with Crippen LogP contribution in [0.25, 0.3) is 5.65 Å². The molecule has 29 heavy (non-hydrogen) atoms. The van der Waals surface area contributed by atoms with E-state index in [0.29, 0.717) is 29.4 Å². The first-order valence-corrected chi connectivity index (χ1v) is 11.1. The number of amides is 1. The molecule has 1 N–H and O–H groups in total. The number of aromatic nitrogens is 2. The standard InChI is InChI=1S/C20H23ClN4O3S/c1-4-25(5-2)29(27,28)18-10-15(7-6-14(18)3)20(26)22-11-17-13-24-12-16(21)8-9-19(24)23-17/h6-10,12-13H,4-5,11H2,1-3H3,(H,22,26). The number of pyridine rings is 1. The molecule has 0 saturated heterocycles. The van der Waals surface area contributed by atoms with E-state index in [2.05, 4.69) is 10.3 Å². The van der Waals surface area contributed by atoms with Crippen LogP contribution >= 0.6 is 11.6 Å². The maximum atomic E-state index is 12.9. The van der Waals surface area contributed by atoms with Gasteiger partial charge in [-0.25, -0.2) is 13.4 Å². The van der Waals surface area contributed by atoms with E-state index >= 15 is 0 Å². The van der Waals surface area contributed by atoms with Gasteiger partial charge in [0, 0.05) is 31.0 Å². The zero-order valence-corrected chi connectivity index (χ0v) is 18.1. The lowest BCUT2D eigenvalue weighted by molar-refractivity contribution is 0.0950. The molecule has 0 radical (unpaired) electrons. The van der Waals surface area contributed by atoms with Gasteiger partial charge in [-0.15, -0.1) is 0 Å². The van der Waals surface area contributed by atoms with Crippen molar-refractivity contribution in [1.82, 2.24) is 19.0 Å². The lowest BCUT2D eigenvalue weighted by Crippen LogP contribution is -2.31. The Bertz CT molecular complexity index is 1150. The Morgan fingerprint density at radius 3 is 2.59 bits per heavy atom. The van der Waals surface area contributed by atoms with Gasteiger partial charge >= 0.3 is 0 Å². The third kappa shape index (κ3) is 4.44. The van der Waals surface area contributed by atoms with Gasteiger partial charge in [0.05, 0.1) is 22.2 Å². The van der Waals surface area contributed by atoms with E-state index < -0.39 is 10.0 Å². The fourth-order valence-electron chi connectivity index (χ4n) is 3.10. The van der Waals surface area contributed by atoms with Crippen molar-refractivity contribution in [1.29, 1.82) is 0 Å². The van der Waals surface area contributed by atoms with Crippen LogP contribution in [0.5, 0.6) is 0 Å². The van der Waals surface area contributed by atoms with Crippen molar-refractivity contribution in [3.63, 3.8) is 0 Å². The molecular weight excluding hydrogens is 412 g/mol. The molecule has 1 aromatic carbocycles. The summed E-state index contributed by atoms with van der Waals surface area (Å²) in [7, 11) is -3.65. The number of benzene rings is 1. The molecule has 0 bridgehead atoms. The van der Waals surface area contributed by atoms with E-state index in [-0.39, 0.29) is 22.9 Å². The Morgan fingerprint density at radius 1 is 1.17 bits per heavy atom. The second kappa shape index (κ2) is 8.52. The van der Waals surface area contributed by atoms with Crippen molar-refractivity contribution in [2.75, 3.05) is 13.1 Å². The van der Waals surface area contributed by atoms with Crippen LogP contribution < -0.4 is 5.32 Å². The molecule has 0 atom stereocenters. The van der Waals surface area contributed by atoms with Crippen molar-refractivity contribution in [2.45, 2.75) is 32.2 Å². The lowest BCUT2D eigenvalue weighted by atomic mass is 10.1. The summed E-state index contributed by atoms with van der Waals surface area (Å²) in [6.07, 6.45) is 3.52. The molecule has 1 amide bonds. The van der Waals surface area contributed by atoms with Crippen LogP contribution in [0.1, 0.15) is 35.5 Å². The number of rotatable bonds is 7. The number of halogens is 1. The fourth-order valence-corrected chi connectivity index (χ4v) is 4.97. The minimum absolute atomic E-state index is 0.149. The largest absolute Gasteiger partial charge is 0.346 e. The van der Waals surface area contributed by atoms with E-state index in [1.807, 2.05) is 0 Å². The zero-order chi connectivity index (χ0) is 21.2. The van der Waals surface area contributed by atoms with Crippen molar-refractivity contribution in [3.05, 3.63) is 64.6 Å². The second-order valence-electron chi connectivity index (χ2n) is 6.60. The molecule has 0 aliphatic heterocycles. The first-order valence-electron chi connectivity index (χ1n) is 9.28. The molecule has 154 valence electrons. The van der Waals surface area contributed by atoms with Gasteiger partial charge in [0.25, 0.3) is 5.91 Å². The number of nitrogens with zero attached hydrogens (tertiary/aromatic N) is 3. The van der Waals surface area contributed by atoms with E-state index in [1.54, 1.807) is 61.8 Å². The van der Waals surface area contributed by atoms with Crippen LogP contribution in [0, 0.1) is 6.92 Å². The minimum atomic E-state index is -3.65. The van der Waals surface area contributed by atoms with Gasteiger partial charge < -0.3 is 9.72 Å². The normalized spacial score (nSPS) is 11.9. The van der Waals surface area contributed by atoms with Gasteiger partial charge in [0.2, 0.25) is 10.0 Å². The molecule has 0 fully saturated rings. The molecule has 7 nitrogen and oxygen atoms in total. The number of hydrogen-bond acceptors (Lipinski definition) is 4. The fraction of sp³-hybridized carbons (Fsp3) is 0.300. The predicted molar refractivity (Wildman–Crippen MR) is 113 cm³/mol. The summed E-state index contributed by atoms with van der Waals surface area (Å²) in [5.74, 6) is -0.365. The van der Waals surface area contributed by atoms with Gasteiger partial charge in [-0.05, 0) is 36.8 Å². The smallest absolute Gasteiger partial charge is 0.251 e. The number of imidazole rings is 1. The Labute approximate surface area is 175 Å². The highest BCUT2D eigenvalue weighted by atomic mass is 35.5. The number of nitrogens with one attached hydrogen (secondary N) is 1. The predicted octanol–water partition coefficient (Wildman–Crippen LogP) is 3.26. The third-order valence-electron chi connectivity index (χ3n) is 4.67. The van der Waals surface area contributed by atoms with Crippen LogP contribution in [0.15, 0.2) is 47.6 Å². The Balaban J connectivity index is 1.80. The second-order valence-corrected chi connectivity index (χ2v) is 8.94. The van der Waals surface area contributed by atoms with Gasteiger partial charge in [-0.3, -0.25) is 4.79 Å². The van der Waals surface area contributed by atoms with Gasteiger partial charge in [-0.1, -0.05) is 31.5 Å². The molecular formula is C20H23ClN4O3S. The van der Waals surface area contributed by atoms with Crippen LogP contribution in [0.3, 0.4) is 0 Å². The summed E-state index contributed by atoms with van der Waals surface area (Å²) in [6, 6.07) is 8.24. The van der Waals surface area contributed by atoms with Crippen molar-refractivity contribution in [3.8, 4) is 0 Å². The van der Waals surface area contributed by atoms with Crippen molar-refractivity contribution >= 4 is 33.2 Å². The lowest BCUT2D eigenvalue weighted by Gasteiger charge is -2.20. The number of hydrogen-bond donors (Lipinski definition) is 1. The summed E-state index contributed by atoms with van der Waals surface area (Å²) in [4.78, 5) is 17.2. The maximum Gasteiger partial charge on any atom is 0.251 e. The summed E-state index contributed by atoms with van der Waals surface area (Å²) in [5.41, 5.74) is 2.28. The van der Waals surface area contributed by atoms with Gasteiger partial charge in [0.1, 0.15) is 5.65 Å². The quantitative estimate of drug-likeness (QED) is 0.618. The number of aryl methyl sites for hydroxylation is 1. The summed E-state index contributed by atoms with van der Waals surface area (Å²) in [6.45, 7) is 6.24. The highest BCUT2D eigenvalue weighted by molar-refractivity contribution is 7.89. The molecule has 3 rings (SSSR count). The number of sulfonamides is 1. The molecule has 3 aromatic rings. The maximum absolute atomic E-state index is 12.9. The van der Waals surface area contributed by atoms with E-state index in [4.69, 9.17) is 11.6 Å². The molecule has 0 aliphatic rings. The average molecular weight is 435 g/mol.